The van der Waals surface area contributed by atoms with Crippen LogP contribution in [0, 0.1) is 0 Å². The van der Waals surface area contributed by atoms with Crippen LogP contribution in [0.5, 0.6) is 0 Å². The van der Waals surface area contributed by atoms with E-state index in [2.05, 4.69) is 4.98 Å². The van der Waals surface area contributed by atoms with Gasteiger partial charge in [-0.3, -0.25) is 9.78 Å². The molecule has 0 aliphatic rings. The Morgan fingerprint density at radius 2 is 0.615 bits per heavy atom. The van der Waals surface area contributed by atoms with Gasteiger partial charge in [-0.15, -0.1) is 0 Å². The second kappa shape index (κ2) is 21.0. The molecule has 414 valence electrons. The van der Waals surface area contributed by atoms with Crippen molar-refractivity contribution in [1.82, 2.24) is 4.98 Å². The maximum absolute atomic E-state index is 14.2. The maximum atomic E-state index is 14.2. The topological polar surface area (TPSA) is 33.8 Å². The molecule has 0 saturated carbocycles. The van der Waals surface area contributed by atoms with Crippen LogP contribution in [0.25, 0.3) is 0 Å². The zero-order valence-electron chi connectivity index (χ0n) is 38.1. The van der Waals surface area contributed by atoms with Crippen LogP contribution in [0.4, 0.5) is 105 Å². The summed E-state index contributed by atoms with van der Waals surface area (Å²) in [6.45, 7) is 0.650. The van der Waals surface area contributed by atoms with Crippen molar-refractivity contribution in [2.45, 2.75) is 56.0 Å². The van der Waals surface area contributed by atoms with Gasteiger partial charge in [-0.25, -0.2) is 0 Å². The van der Waals surface area contributed by atoms with Crippen molar-refractivity contribution in [2.75, 3.05) is 0 Å². The lowest BCUT2D eigenvalue weighted by Crippen LogP contribution is -2.75. The number of carbonyl (C=O) groups excluding carboxylic acids is 1. The Kier molecular flexibility index (Phi) is 16.1. The zero-order chi connectivity index (χ0) is 58.4. The molecule has 0 radical (unpaired) electrons. The number of carbonyl (C=O) groups is 1. The SMILES string of the molecule is FC(F)(F)c1cc([B-](c2cc(C(F)(F)F)cc(C(F)(F)F)c2)(c2cc(C(F)(F)F)cc(C(F)(F)F)c2)c2cc(C(F)(F)F)cc(C(F)(F)F)c2)cc(C(F)(F)F)c1.O=C(c1ccccc1)c1ccccc1C[n+]1ccncc1. The minimum Gasteiger partial charge on any atom is -0.289 e. The molecule has 3 nitrogen and oxygen atoms in total. The molecule has 0 N–H and O–H groups in total. The summed E-state index contributed by atoms with van der Waals surface area (Å²) in [7, 11) is 0. The molecule has 7 rings (SSSR count). The molecule has 7 aromatic rings. The van der Waals surface area contributed by atoms with Crippen molar-refractivity contribution in [2.24, 2.45) is 0 Å². The highest BCUT2D eigenvalue weighted by atomic mass is 19.4. The molecule has 0 spiro atoms. The molecule has 0 aliphatic carbocycles. The summed E-state index contributed by atoms with van der Waals surface area (Å²) in [6, 6.07) is 8.29. The highest BCUT2D eigenvalue weighted by Gasteiger charge is 2.47. The molecule has 0 unspecified atom stereocenters. The number of ketones is 1. The molecule has 0 fully saturated rings. The minimum absolute atomic E-state index is 0.0563. The Balaban J connectivity index is 0.000000387. The molecular formula is C50H27BF24N2O. The number of nitrogens with zero attached hydrogens (tertiary/aromatic N) is 2. The fraction of sp³-hybridized carbons (Fsp3) is 0.180. The van der Waals surface area contributed by atoms with Crippen LogP contribution in [-0.4, -0.2) is 16.9 Å². The smallest absolute Gasteiger partial charge is 0.289 e. The quantitative estimate of drug-likeness (QED) is 0.0658. The van der Waals surface area contributed by atoms with Gasteiger partial charge in [0.15, 0.2) is 24.7 Å². The van der Waals surface area contributed by atoms with E-state index in [9.17, 15) is 110 Å². The molecule has 1 heterocycles. The number of aromatic nitrogens is 2. The summed E-state index contributed by atoms with van der Waals surface area (Å²) in [4.78, 5) is 16.6. The molecule has 28 heteroatoms. The number of benzene rings is 6. The van der Waals surface area contributed by atoms with E-state index in [1.807, 2.05) is 71.6 Å². The van der Waals surface area contributed by atoms with Gasteiger partial charge < -0.3 is 0 Å². The second-order valence-corrected chi connectivity index (χ2v) is 17.0. The van der Waals surface area contributed by atoms with Gasteiger partial charge in [0.05, 0.1) is 56.9 Å². The van der Waals surface area contributed by atoms with Crippen LogP contribution in [0.3, 0.4) is 0 Å². The fourth-order valence-corrected chi connectivity index (χ4v) is 8.35. The zero-order valence-corrected chi connectivity index (χ0v) is 38.1. The first-order valence-electron chi connectivity index (χ1n) is 21.4. The third-order valence-electron chi connectivity index (χ3n) is 11.8. The standard InChI is InChI=1S/C32H12BF24.C18H15N2O/c34-25(35,36)13-1-14(26(37,38)39)6-21(5-13)33(22-7-15(27(40,41)42)2-16(8-22)28(43,44)45,23-9-17(29(46,47)48)3-18(10-23)30(49,50)51)24-11-19(31(52,53)54)4-20(12-24)32(55,56)57;21-18(15-6-2-1-3-7-15)17-9-5-4-8-16(17)14-20-12-10-19-11-13-20/h1-12H;1-13H,14H2/q-1;+1. The van der Waals surface area contributed by atoms with Crippen molar-refractivity contribution in [1.29, 1.82) is 0 Å². The van der Waals surface area contributed by atoms with Crippen LogP contribution in [-0.2, 0) is 56.0 Å². The van der Waals surface area contributed by atoms with Gasteiger partial charge in [-0.05, 0) is 24.3 Å². The first-order chi connectivity index (χ1) is 35.6. The van der Waals surface area contributed by atoms with Gasteiger partial charge in [0, 0.05) is 16.7 Å². The van der Waals surface area contributed by atoms with Crippen molar-refractivity contribution in [3.8, 4) is 0 Å². The highest BCUT2D eigenvalue weighted by Crippen LogP contribution is 2.41. The van der Waals surface area contributed by atoms with Crippen molar-refractivity contribution >= 4 is 33.8 Å². The van der Waals surface area contributed by atoms with Gasteiger partial charge >= 0.3 is 49.4 Å². The second-order valence-electron chi connectivity index (χ2n) is 17.0. The van der Waals surface area contributed by atoms with E-state index in [1.165, 1.54) is 0 Å². The predicted octanol–water partition coefficient (Wildman–Crippen LogP) is 13.9. The van der Waals surface area contributed by atoms with E-state index >= 15 is 0 Å². The normalized spacial score (nSPS) is 13.2. The van der Waals surface area contributed by atoms with Crippen LogP contribution in [0.15, 0.2) is 152 Å². The largest absolute Gasteiger partial charge is 0.416 e. The minimum atomic E-state index is -6.13. The van der Waals surface area contributed by atoms with Gasteiger partial charge in [0.2, 0.25) is 0 Å². The summed E-state index contributed by atoms with van der Waals surface area (Å²) in [6.07, 6.45) is -47.5. The Morgan fingerprint density at radius 1 is 0.359 bits per heavy atom. The van der Waals surface area contributed by atoms with E-state index < -0.39 is 195 Å². The monoisotopic (exact) mass is 1140 g/mol. The molecule has 78 heavy (non-hydrogen) atoms. The lowest BCUT2D eigenvalue weighted by atomic mass is 9.12. The van der Waals surface area contributed by atoms with Crippen LogP contribution in [0.2, 0.25) is 0 Å². The number of hydrogen-bond donors (Lipinski definition) is 0. The Labute approximate surface area is 422 Å². The molecule has 1 aromatic heterocycles. The van der Waals surface area contributed by atoms with Crippen molar-refractivity contribution < 1.29 is 115 Å². The summed E-state index contributed by atoms with van der Waals surface area (Å²) in [5, 5.41) is 0. The number of rotatable bonds is 8. The van der Waals surface area contributed by atoms with E-state index in [1.54, 1.807) is 12.4 Å². The average Bonchev–Trinajstić information content (AvgIpc) is 3.39. The van der Waals surface area contributed by atoms with E-state index in [-0.39, 0.29) is 5.78 Å². The molecule has 0 bridgehead atoms. The Hall–Kier alpha value is -7.55. The molecule has 6 aromatic carbocycles. The first kappa shape index (κ1) is 59.7. The first-order valence-corrected chi connectivity index (χ1v) is 21.4. The summed E-state index contributed by atoms with van der Waals surface area (Å²) in [5.74, 6) is 0.0563. The molecule has 0 atom stereocenters. The summed E-state index contributed by atoms with van der Waals surface area (Å²) < 4.78 is 343. The number of hydrogen-bond acceptors (Lipinski definition) is 2. The van der Waals surface area contributed by atoms with Gasteiger partial charge in [0.1, 0.15) is 6.15 Å². The summed E-state index contributed by atoms with van der Waals surface area (Å²) in [5.41, 5.74) is -27.7. The highest BCUT2D eigenvalue weighted by molar-refractivity contribution is 7.20. The molecule has 0 amide bonds. The molecule has 0 saturated heterocycles. The number of halogens is 24. The lowest BCUT2D eigenvalue weighted by Gasteiger charge is -2.46. The van der Waals surface area contributed by atoms with E-state index in [0.29, 0.717) is 12.1 Å². The van der Waals surface area contributed by atoms with Gasteiger partial charge in [0.25, 0.3) is 0 Å². The molecular weight excluding hydrogens is 1110 g/mol. The van der Waals surface area contributed by atoms with E-state index in [0.717, 1.165) is 11.1 Å². The third kappa shape index (κ3) is 13.6. The fourth-order valence-electron chi connectivity index (χ4n) is 8.35. The Bertz CT molecular complexity index is 2840. The van der Waals surface area contributed by atoms with Crippen LogP contribution < -0.4 is 26.4 Å². The lowest BCUT2D eigenvalue weighted by molar-refractivity contribution is -0.688. The van der Waals surface area contributed by atoms with Gasteiger partial charge in [-0.2, -0.15) is 132 Å². The van der Waals surface area contributed by atoms with E-state index in [4.69, 9.17) is 0 Å². The van der Waals surface area contributed by atoms with Crippen LogP contribution in [0.1, 0.15) is 66.0 Å². The third-order valence-corrected chi connectivity index (χ3v) is 11.8. The average molecular weight is 1140 g/mol. The maximum Gasteiger partial charge on any atom is 0.416 e. The molecule has 0 aliphatic heterocycles. The number of alkyl halides is 24. The van der Waals surface area contributed by atoms with Crippen LogP contribution >= 0.6 is 0 Å². The van der Waals surface area contributed by atoms with Gasteiger partial charge in [-0.1, -0.05) is 103 Å². The Morgan fingerprint density at radius 3 is 0.885 bits per heavy atom. The summed E-state index contributed by atoms with van der Waals surface area (Å²) >= 11 is 0. The predicted molar refractivity (Wildman–Crippen MR) is 230 cm³/mol. The van der Waals surface area contributed by atoms with Crippen molar-refractivity contribution in [3.63, 3.8) is 0 Å². The van der Waals surface area contributed by atoms with Crippen molar-refractivity contribution in [3.05, 3.63) is 213 Å².